The van der Waals surface area contributed by atoms with Crippen molar-refractivity contribution in [3.8, 4) is 0 Å². The molecule has 0 atom stereocenters. The van der Waals surface area contributed by atoms with Crippen molar-refractivity contribution in [1.29, 1.82) is 0 Å². The highest BCUT2D eigenvalue weighted by molar-refractivity contribution is 5.66. The average Bonchev–Trinajstić information content (AvgIpc) is 2.08. The predicted octanol–water partition coefficient (Wildman–Crippen LogP) is 0.733. The number of carbonyl (C=O) groups is 1. The molecule has 10 heavy (non-hydrogen) atoms. The molecular formula is C6H11NO3. The van der Waals surface area contributed by atoms with Crippen molar-refractivity contribution in [2.75, 3.05) is 13.2 Å². The first kappa shape index (κ1) is 7.34. The summed E-state index contributed by atoms with van der Waals surface area (Å²) >= 11 is 0. The molecule has 1 saturated heterocycles. The van der Waals surface area contributed by atoms with Gasteiger partial charge in [-0.15, -0.1) is 0 Å². The summed E-state index contributed by atoms with van der Waals surface area (Å²) in [6.07, 6.45) is -0.914. The molecule has 1 aliphatic rings. The second-order valence-corrected chi connectivity index (χ2v) is 2.73. The molecule has 1 aliphatic heterocycles. The van der Waals surface area contributed by atoms with E-state index in [2.05, 4.69) is 0 Å². The maximum absolute atomic E-state index is 10.5. The molecule has 1 rings (SSSR count). The van der Waals surface area contributed by atoms with Gasteiger partial charge in [0, 0.05) is 0 Å². The summed E-state index contributed by atoms with van der Waals surface area (Å²) in [5.74, 6) is 0. The molecule has 0 aliphatic carbocycles. The Morgan fingerprint density at radius 2 is 2.30 bits per heavy atom. The number of hydrogen-bond donors (Lipinski definition) is 1. The molecular weight excluding hydrogens is 134 g/mol. The summed E-state index contributed by atoms with van der Waals surface area (Å²) in [6.45, 7) is 4.46. The van der Waals surface area contributed by atoms with E-state index in [9.17, 15) is 4.79 Å². The molecule has 58 valence electrons. The molecule has 1 N–H and O–H groups in total. The van der Waals surface area contributed by atoms with Crippen LogP contribution in [0, 0.1) is 0 Å². The minimum Gasteiger partial charge on any atom is -0.465 e. The second-order valence-electron chi connectivity index (χ2n) is 2.73. The van der Waals surface area contributed by atoms with E-state index in [4.69, 9.17) is 9.84 Å². The zero-order valence-electron chi connectivity index (χ0n) is 6.13. The Morgan fingerprint density at radius 3 is 2.50 bits per heavy atom. The Labute approximate surface area is 59.4 Å². The van der Waals surface area contributed by atoms with Crippen molar-refractivity contribution in [1.82, 2.24) is 4.90 Å². The molecule has 1 heterocycles. The molecule has 4 heteroatoms. The minimum absolute atomic E-state index is 0.475. The molecule has 0 aromatic carbocycles. The summed E-state index contributed by atoms with van der Waals surface area (Å²) in [5.41, 5.74) is -0.633. The Morgan fingerprint density at radius 1 is 1.70 bits per heavy atom. The van der Waals surface area contributed by atoms with Crippen molar-refractivity contribution in [2.24, 2.45) is 0 Å². The van der Waals surface area contributed by atoms with E-state index in [1.165, 1.54) is 4.90 Å². The number of nitrogens with zero attached hydrogens (tertiary/aromatic N) is 1. The van der Waals surface area contributed by atoms with Crippen molar-refractivity contribution in [2.45, 2.75) is 19.6 Å². The maximum Gasteiger partial charge on any atom is 0.409 e. The fourth-order valence-electron chi connectivity index (χ4n) is 1.06. The number of amides is 1. The van der Waals surface area contributed by atoms with Crippen LogP contribution in [0.5, 0.6) is 0 Å². The third-order valence-electron chi connectivity index (χ3n) is 1.65. The zero-order valence-corrected chi connectivity index (χ0v) is 6.13. The van der Waals surface area contributed by atoms with Gasteiger partial charge < -0.3 is 9.84 Å². The summed E-state index contributed by atoms with van der Waals surface area (Å²) in [7, 11) is 0. The summed E-state index contributed by atoms with van der Waals surface area (Å²) in [6, 6.07) is 0. The van der Waals surface area contributed by atoms with Crippen molar-refractivity contribution < 1.29 is 14.6 Å². The van der Waals surface area contributed by atoms with Crippen LogP contribution in [0.2, 0.25) is 0 Å². The molecule has 0 aromatic heterocycles. The Hall–Kier alpha value is -0.770. The van der Waals surface area contributed by atoms with Crippen LogP contribution >= 0.6 is 0 Å². The van der Waals surface area contributed by atoms with Crippen LogP contribution in [-0.2, 0) is 4.74 Å². The van der Waals surface area contributed by atoms with Crippen molar-refractivity contribution in [3.63, 3.8) is 0 Å². The fourth-order valence-corrected chi connectivity index (χ4v) is 1.06. The maximum atomic E-state index is 10.5. The normalized spacial score (nSPS) is 23.2. The topological polar surface area (TPSA) is 49.8 Å². The average molecular weight is 145 g/mol. The van der Waals surface area contributed by atoms with Gasteiger partial charge in [0.15, 0.2) is 0 Å². The van der Waals surface area contributed by atoms with Crippen molar-refractivity contribution >= 4 is 6.09 Å². The lowest BCUT2D eigenvalue weighted by Crippen LogP contribution is -2.42. The van der Waals surface area contributed by atoms with Crippen LogP contribution in [-0.4, -0.2) is 35.0 Å². The van der Waals surface area contributed by atoms with Crippen LogP contribution < -0.4 is 0 Å². The molecule has 0 aromatic rings. The van der Waals surface area contributed by atoms with Gasteiger partial charge in [-0.05, 0) is 13.8 Å². The van der Waals surface area contributed by atoms with Crippen LogP contribution in [0.1, 0.15) is 13.8 Å². The van der Waals surface area contributed by atoms with Crippen LogP contribution in [0.4, 0.5) is 4.79 Å². The molecule has 0 radical (unpaired) electrons. The number of rotatable bonds is 0. The van der Waals surface area contributed by atoms with Gasteiger partial charge in [0.1, 0.15) is 5.72 Å². The van der Waals surface area contributed by atoms with Crippen LogP contribution in [0.25, 0.3) is 0 Å². The molecule has 0 spiro atoms. The highest BCUT2D eigenvalue weighted by atomic mass is 16.5. The van der Waals surface area contributed by atoms with Crippen LogP contribution in [0.15, 0.2) is 0 Å². The van der Waals surface area contributed by atoms with E-state index >= 15 is 0 Å². The highest BCUT2D eigenvalue weighted by Crippen LogP contribution is 2.21. The Balaban J connectivity index is 2.68. The lowest BCUT2D eigenvalue weighted by atomic mass is 10.3. The SMILES string of the molecule is CC1(C)OCCN1C(=O)O. The van der Waals surface area contributed by atoms with Gasteiger partial charge in [0.2, 0.25) is 0 Å². The quantitative estimate of drug-likeness (QED) is 0.546. The fraction of sp³-hybridized carbons (Fsp3) is 0.833. The standard InChI is InChI=1S/C6H11NO3/c1-6(2)7(5(8)9)3-4-10-6/h3-4H2,1-2H3,(H,8,9). The highest BCUT2D eigenvalue weighted by Gasteiger charge is 2.36. The summed E-state index contributed by atoms with van der Waals surface area (Å²) < 4.78 is 5.16. The number of ether oxygens (including phenoxy) is 1. The van der Waals surface area contributed by atoms with Gasteiger partial charge in [-0.3, -0.25) is 4.90 Å². The number of hydrogen-bond acceptors (Lipinski definition) is 2. The van der Waals surface area contributed by atoms with Gasteiger partial charge >= 0.3 is 6.09 Å². The number of carboxylic acid groups (broad SMARTS) is 1. The molecule has 0 saturated carbocycles. The zero-order chi connectivity index (χ0) is 7.78. The van der Waals surface area contributed by atoms with Gasteiger partial charge in [0.25, 0.3) is 0 Å². The smallest absolute Gasteiger partial charge is 0.409 e. The first-order chi connectivity index (χ1) is 4.54. The molecule has 0 bridgehead atoms. The van der Waals surface area contributed by atoms with Gasteiger partial charge in [-0.2, -0.15) is 0 Å². The first-order valence-electron chi connectivity index (χ1n) is 3.18. The van der Waals surface area contributed by atoms with Gasteiger partial charge in [-0.25, -0.2) is 4.79 Å². The van der Waals surface area contributed by atoms with E-state index in [1.54, 1.807) is 13.8 Å². The summed E-state index contributed by atoms with van der Waals surface area (Å²) in [5, 5.41) is 8.59. The van der Waals surface area contributed by atoms with E-state index in [0.29, 0.717) is 13.2 Å². The molecule has 0 unspecified atom stereocenters. The lowest BCUT2D eigenvalue weighted by molar-refractivity contribution is -0.0395. The predicted molar refractivity (Wildman–Crippen MR) is 34.8 cm³/mol. The monoisotopic (exact) mass is 145 g/mol. The van der Waals surface area contributed by atoms with E-state index < -0.39 is 11.8 Å². The third-order valence-corrected chi connectivity index (χ3v) is 1.65. The third kappa shape index (κ3) is 1.07. The molecule has 1 amide bonds. The first-order valence-corrected chi connectivity index (χ1v) is 3.18. The Bertz CT molecular complexity index is 155. The summed E-state index contributed by atoms with van der Waals surface area (Å²) in [4.78, 5) is 11.7. The minimum atomic E-state index is -0.914. The van der Waals surface area contributed by atoms with Crippen molar-refractivity contribution in [3.05, 3.63) is 0 Å². The molecule has 4 nitrogen and oxygen atoms in total. The van der Waals surface area contributed by atoms with E-state index in [1.807, 2.05) is 0 Å². The van der Waals surface area contributed by atoms with Crippen LogP contribution in [0.3, 0.4) is 0 Å². The van der Waals surface area contributed by atoms with Gasteiger partial charge in [0.05, 0.1) is 13.2 Å². The van der Waals surface area contributed by atoms with E-state index in [0.717, 1.165) is 0 Å². The van der Waals surface area contributed by atoms with E-state index in [-0.39, 0.29) is 0 Å². The van der Waals surface area contributed by atoms with Gasteiger partial charge in [-0.1, -0.05) is 0 Å². The lowest BCUT2D eigenvalue weighted by Gasteiger charge is -2.26. The molecule has 1 fully saturated rings. The largest absolute Gasteiger partial charge is 0.465 e. The Kier molecular flexibility index (Phi) is 1.56. The second kappa shape index (κ2) is 2.12.